The molecule has 1 aromatic carbocycles. The first-order chi connectivity index (χ1) is 14.0. The fourth-order valence-corrected chi connectivity index (χ4v) is 6.99. The fourth-order valence-electron chi connectivity index (χ4n) is 4.00. The monoisotopic (exact) mass is 453 g/mol. The van der Waals surface area contributed by atoms with Crippen molar-refractivity contribution in [2.75, 3.05) is 31.1 Å². The number of hydrogen-bond acceptors (Lipinski definition) is 5. The van der Waals surface area contributed by atoms with Gasteiger partial charge in [0.1, 0.15) is 9.77 Å². The van der Waals surface area contributed by atoms with Gasteiger partial charge in [-0.15, -0.1) is 11.3 Å². The Morgan fingerprint density at radius 2 is 1.76 bits per heavy atom. The van der Waals surface area contributed by atoms with E-state index in [-0.39, 0.29) is 21.7 Å². The van der Waals surface area contributed by atoms with Gasteiger partial charge in [0.15, 0.2) is 0 Å². The van der Waals surface area contributed by atoms with Crippen molar-refractivity contribution in [3.05, 3.63) is 45.6 Å². The van der Waals surface area contributed by atoms with Crippen LogP contribution in [0.5, 0.6) is 0 Å². The predicted octanol–water partition coefficient (Wildman–Crippen LogP) is 3.58. The van der Waals surface area contributed by atoms with Crippen LogP contribution in [-0.4, -0.2) is 50.9 Å². The van der Waals surface area contributed by atoms with Crippen LogP contribution in [-0.2, 0) is 10.0 Å². The largest absolute Gasteiger partial charge is 0.368 e. The average molecular weight is 454 g/mol. The van der Waals surface area contributed by atoms with Crippen LogP contribution in [0.1, 0.15) is 35.4 Å². The van der Waals surface area contributed by atoms with Crippen LogP contribution in [0.3, 0.4) is 0 Å². The molecule has 9 heteroatoms. The molecule has 1 N–H and O–H groups in total. The van der Waals surface area contributed by atoms with Crippen LogP contribution in [0.15, 0.2) is 40.6 Å². The third-order valence-electron chi connectivity index (χ3n) is 5.58. The predicted molar refractivity (Wildman–Crippen MR) is 116 cm³/mol. The summed E-state index contributed by atoms with van der Waals surface area (Å²) in [4.78, 5) is 15.2. The third kappa shape index (κ3) is 4.30. The number of carbonyl (C=O) groups is 1. The molecular formula is C20H24ClN3O3S2. The third-order valence-corrected chi connectivity index (χ3v) is 8.88. The van der Waals surface area contributed by atoms with E-state index in [0.29, 0.717) is 31.2 Å². The van der Waals surface area contributed by atoms with Crippen LogP contribution in [0, 0.1) is 0 Å². The van der Waals surface area contributed by atoms with Crippen molar-refractivity contribution in [3.63, 3.8) is 0 Å². The molecule has 2 fully saturated rings. The van der Waals surface area contributed by atoms with Crippen LogP contribution in [0.25, 0.3) is 0 Å². The molecule has 2 aliphatic rings. The van der Waals surface area contributed by atoms with E-state index < -0.39 is 10.0 Å². The Morgan fingerprint density at radius 1 is 1.07 bits per heavy atom. The van der Waals surface area contributed by atoms with Gasteiger partial charge < -0.3 is 10.2 Å². The van der Waals surface area contributed by atoms with Gasteiger partial charge in [0.25, 0.3) is 5.91 Å². The molecule has 156 valence electrons. The van der Waals surface area contributed by atoms with Crippen molar-refractivity contribution < 1.29 is 13.2 Å². The number of nitrogens with zero attached hydrogens (tertiary/aromatic N) is 2. The van der Waals surface area contributed by atoms with Gasteiger partial charge in [-0.1, -0.05) is 36.6 Å². The molecule has 2 heterocycles. The molecule has 1 saturated heterocycles. The molecule has 1 aliphatic carbocycles. The van der Waals surface area contributed by atoms with E-state index in [1.165, 1.54) is 15.6 Å². The Kier molecular flexibility index (Phi) is 6.15. The van der Waals surface area contributed by atoms with E-state index >= 15 is 0 Å². The van der Waals surface area contributed by atoms with Crippen molar-refractivity contribution in [1.82, 2.24) is 9.62 Å². The quantitative estimate of drug-likeness (QED) is 0.751. The number of benzene rings is 1. The Hall–Kier alpha value is -1.61. The average Bonchev–Trinajstić information content (AvgIpc) is 3.41. The molecular weight excluding hydrogens is 430 g/mol. The molecule has 0 atom stereocenters. The number of anilines is 1. The molecule has 2 aromatic rings. The number of halogens is 1. The molecule has 6 nitrogen and oxygen atoms in total. The summed E-state index contributed by atoms with van der Waals surface area (Å²) in [5, 5.41) is 5.33. The van der Waals surface area contributed by atoms with E-state index in [0.717, 1.165) is 31.4 Å². The second-order valence-corrected chi connectivity index (χ2v) is 10.6. The summed E-state index contributed by atoms with van der Waals surface area (Å²) in [5.41, 5.74) is 0.915. The van der Waals surface area contributed by atoms with E-state index in [1.54, 1.807) is 11.4 Å². The Balaban J connectivity index is 1.47. The molecule has 29 heavy (non-hydrogen) atoms. The molecule has 4 rings (SSSR count). The lowest BCUT2D eigenvalue weighted by Crippen LogP contribution is -2.49. The van der Waals surface area contributed by atoms with Gasteiger partial charge in [0.05, 0.1) is 10.7 Å². The maximum Gasteiger partial charge on any atom is 0.262 e. The molecule has 1 aliphatic heterocycles. The summed E-state index contributed by atoms with van der Waals surface area (Å²) >= 11 is 7.46. The first-order valence-corrected chi connectivity index (χ1v) is 12.5. The second kappa shape index (κ2) is 8.63. The Labute approximate surface area is 180 Å². The van der Waals surface area contributed by atoms with Gasteiger partial charge >= 0.3 is 0 Å². The van der Waals surface area contributed by atoms with Crippen LogP contribution in [0.4, 0.5) is 5.69 Å². The minimum Gasteiger partial charge on any atom is -0.368 e. The maximum atomic E-state index is 13.2. The molecule has 0 bridgehead atoms. The SMILES string of the molecule is O=C(NC1CCCC1)c1sccc1S(=O)(=O)N1CCN(c2ccccc2Cl)CC1. The highest BCUT2D eigenvalue weighted by molar-refractivity contribution is 7.89. The molecule has 0 spiro atoms. The number of piperazine rings is 1. The van der Waals surface area contributed by atoms with Gasteiger partial charge in [0.2, 0.25) is 10.0 Å². The summed E-state index contributed by atoms with van der Waals surface area (Å²) in [6, 6.07) is 9.27. The van der Waals surface area contributed by atoms with E-state index in [9.17, 15) is 13.2 Å². The van der Waals surface area contributed by atoms with Crippen molar-refractivity contribution in [2.45, 2.75) is 36.6 Å². The lowest BCUT2D eigenvalue weighted by Gasteiger charge is -2.35. The lowest BCUT2D eigenvalue weighted by atomic mass is 10.2. The number of rotatable bonds is 5. The number of nitrogens with one attached hydrogen (secondary N) is 1. The molecule has 1 saturated carbocycles. The maximum absolute atomic E-state index is 13.2. The summed E-state index contributed by atoms with van der Waals surface area (Å²) in [7, 11) is -3.72. The highest BCUT2D eigenvalue weighted by atomic mass is 35.5. The highest BCUT2D eigenvalue weighted by Gasteiger charge is 2.33. The van der Waals surface area contributed by atoms with Gasteiger partial charge in [-0.05, 0) is 36.4 Å². The molecule has 0 unspecified atom stereocenters. The Bertz CT molecular complexity index is 978. The zero-order valence-corrected chi connectivity index (χ0v) is 18.4. The van der Waals surface area contributed by atoms with Crippen LogP contribution >= 0.6 is 22.9 Å². The topological polar surface area (TPSA) is 69.7 Å². The van der Waals surface area contributed by atoms with Gasteiger partial charge in [-0.3, -0.25) is 4.79 Å². The van der Waals surface area contributed by atoms with Gasteiger partial charge in [-0.2, -0.15) is 4.31 Å². The number of thiophene rings is 1. The van der Waals surface area contributed by atoms with Gasteiger partial charge in [-0.25, -0.2) is 8.42 Å². The number of hydrogen-bond donors (Lipinski definition) is 1. The smallest absolute Gasteiger partial charge is 0.262 e. The summed E-state index contributed by atoms with van der Waals surface area (Å²) < 4.78 is 27.9. The normalized spacial score (nSPS) is 18.9. The van der Waals surface area contributed by atoms with Crippen molar-refractivity contribution in [3.8, 4) is 0 Å². The molecule has 1 aromatic heterocycles. The van der Waals surface area contributed by atoms with E-state index in [4.69, 9.17) is 11.6 Å². The highest BCUT2D eigenvalue weighted by Crippen LogP contribution is 2.30. The minimum atomic E-state index is -3.72. The zero-order valence-electron chi connectivity index (χ0n) is 16.0. The first-order valence-electron chi connectivity index (χ1n) is 9.85. The Morgan fingerprint density at radius 3 is 2.45 bits per heavy atom. The van der Waals surface area contributed by atoms with Crippen LogP contribution in [0.2, 0.25) is 5.02 Å². The first kappa shape index (κ1) is 20.7. The number of carbonyl (C=O) groups excluding carboxylic acids is 1. The number of para-hydroxylation sites is 1. The van der Waals surface area contributed by atoms with E-state index in [2.05, 4.69) is 10.2 Å². The lowest BCUT2D eigenvalue weighted by molar-refractivity contribution is 0.0939. The standard InChI is InChI=1S/C20H24ClN3O3S2/c21-16-7-3-4-8-17(16)23-10-12-24(13-11-23)29(26,27)18-9-14-28-19(18)20(25)22-15-5-1-2-6-15/h3-4,7-9,14-15H,1-2,5-6,10-13H2,(H,22,25). The molecule has 1 amide bonds. The van der Waals surface area contributed by atoms with Crippen LogP contribution < -0.4 is 10.2 Å². The summed E-state index contributed by atoms with van der Waals surface area (Å²) in [6.45, 7) is 1.81. The van der Waals surface area contributed by atoms with Gasteiger partial charge in [0, 0.05) is 32.2 Å². The number of amides is 1. The zero-order chi connectivity index (χ0) is 20.4. The van der Waals surface area contributed by atoms with Crippen molar-refractivity contribution in [2.24, 2.45) is 0 Å². The molecule has 0 radical (unpaired) electrons. The van der Waals surface area contributed by atoms with Crippen molar-refractivity contribution in [1.29, 1.82) is 0 Å². The summed E-state index contributed by atoms with van der Waals surface area (Å²) in [5.74, 6) is -0.278. The second-order valence-electron chi connectivity index (χ2n) is 7.41. The fraction of sp³-hybridized carbons (Fsp3) is 0.450. The summed E-state index contributed by atoms with van der Waals surface area (Å²) in [6.07, 6.45) is 4.14. The number of sulfonamides is 1. The van der Waals surface area contributed by atoms with E-state index in [1.807, 2.05) is 24.3 Å². The van der Waals surface area contributed by atoms with Crippen molar-refractivity contribution >= 4 is 44.6 Å². The minimum absolute atomic E-state index is 0.115.